The van der Waals surface area contributed by atoms with E-state index in [0.717, 1.165) is 13.0 Å². The van der Waals surface area contributed by atoms with E-state index in [9.17, 15) is 8.60 Å². The van der Waals surface area contributed by atoms with Gasteiger partial charge in [0.2, 0.25) is 0 Å². The molecule has 0 radical (unpaired) electrons. The van der Waals surface area contributed by atoms with Gasteiger partial charge in [0.1, 0.15) is 5.82 Å². The summed E-state index contributed by atoms with van der Waals surface area (Å²) < 4.78 is 31.1. The van der Waals surface area contributed by atoms with Crippen molar-refractivity contribution in [2.75, 3.05) is 26.0 Å². The Bertz CT molecular complexity index is 421. The highest BCUT2D eigenvalue weighted by molar-refractivity contribution is 7.85. The highest BCUT2D eigenvalue weighted by atomic mass is 32.2. The van der Waals surface area contributed by atoms with Crippen LogP contribution in [0.25, 0.3) is 0 Å². The largest absolute Gasteiger partial charge is 0.381 e. The maximum atomic E-state index is 13.5. The van der Waals surface area contributed by atoms with Crippen LogP contribution < -0.4 is 5.32 Å². The second-order valence-corrected chi connectivity index (χ2v) is 5.93. The summed E-state index contributed by atoms with van der Waals surface area (Å²) in [6, 6.07) is 6.36. The van der Waals surface area contributed by atoms with Crippen molar-refractivity contribution in [3.05, 3.63) is 30.1 Å². The monoisotopic (exact) mass is 271 g/mol. The quantitative estimate of drug-likeness (QED) is 0.883. The Balaban J connectivity index is 2.03. The number of benzene rings is 1. The van der Waals surface area contributed by atoms with Crippen LogP contribution in [0.5, 0.6) is 0 Å². The van der Waals surface area contributed by atoms with Crippen molar-refractivity contribution in [3.63, 3.8) is 0 Å². The maximum absolute atomic E-state index is 13.5. The number of hydrogen-bond donors (Lipinski definition) is 1. The van der Waals surface area contributed by atoms with Gasteiger partial charge < -0.3 is 10.1 Å². The van der Waals surface area contributed by atoms with Gasteiger partial charge in [-0.2, -0.15) is 0 Å². The van der Waals surface area contributed by atoms with Gasteiger partial charge in [0.05, 0.1) is 22.3 Å². The minimum Gasteiger partial charge on any atom is -0.381 e. The predicted octanol–water partition coefficient (Wildman–Crippen LogP) is 1.56. The van der Waals surface area contributed by atoms with Crippen molar-refractivity contribution >= 4 is 10.8 Å². The summed E-state index contributed by atoms with van der Waals surface area (Å²) >= 11 is 0. The summed E-state index contributed by atoms with van der Waals surface area (Å²) in [5.41, 5.74) is 0. The third kappa shape index (κ3) is 3.16. The van der Waals surface area contributed by atoms with Crippen LogP contribution in [-0.4, -0.2) is 36.3 Å². The molecule has 1 aliphatic heterocycles. The van der Waals surface area contributed by atoms with E-state index >= 15 is 0 Å². The number of ether oxygens (including phenoxy) is 1. The lowest BCUT2D eigenvalue weighted by atomic mass is 10.0. The van der Waals surface area contributed by atoms with Crippen molar-refractivity contribution in [3.8, 4) is 0 Å². The molecule has 1 heterocycles. The molecular weight excluding hydrogens is 253 g/mol. The van der Waals surface area contributed by atoms with Crippen LogP contribution in [-0.2, 0) is 15.5 Å². The Hall–Kier alpha value is -0.780. The topological polar surface area (TPSA) is 38.3 Å². The summed E-state index contributed by atoms with van der Waals surface area (Å²) in [7, 11) is 0.535. The van der Waals surface area contributed by atoms with Crippen molar-refractivity contribution in [1.29, 1.82) is 0 Å². The van der Waals surface area contributed by atoms with E-state index in [1.54, 1.807) is 18.2 Å². The first-order valence-electron chi connectivity index (χ1n) is 6.10. The second kappa shape index (κ2) is 6.41. The summed E-state index contributed by atoms with van der Waals surface area (Å²) in [6.45, 7) is 1.45. The summed E-state index contributed by atoms with van der Waals surface area (Å²) in [4.78, 5) is 0.289. The van der Waals surface area contributed by atoms with Crippen LogP contribution in [0.3, 0.4) is 0 Å². The molecule has 100 valence electrons. The molecule has 2 rings (SSSR count). The molecule has 0 aromatic heterocycles. The lowest BCUT2D eigenvalue weighted by Crippen LogP contribution is -2.38. The molecule has 0 amide bonds. The van der Waals surface area contributed by atoms with Crippen LogP contribution in [0.2, 0.25) is 0 Å². The molecule has 1 N–H and O–H groups in total. The normalized spacial score (nSPS) is 22.9. The van der Waals surface area contributed by atoms with E-state index in [1.807, 2.05) is 7.05 Å². The highest BCUT2D eigenvalue weighted by Gasteiger charge is 2.26. The predicted molar refractivity (Wildman–Crippen MR) is 69.4 cm³/mol. The molecule has 1 aromatic carbocycles. The van der Waals surface area contributed by atoms with Gasteiger partial charge >= 0.3 is 0 Å². The lowest BCUT2D eigenvalue weighted by Gasteiger charge is -2.21. The van der Waals surface area contributed by atoms with Crippen LogP contribution in [0, 0.1) is 11.7 Å². The van der Waals surface area contributed by atoms with Gasteiger partial charge in [-0.15, -0.1) is 0 Å². The van der Waals surface area contributed by atoms with E-state index in [1.165, 1.54) is 6.07 Å². The van der Waals surface area contributed by atoms with Crippen LogP contribution in [0.1, 0.15) is 6.42 Å². The van der Waals surface area contributed by atoms with Crippen LogP contribution in [0.4, 0.5) is 4.39 Å². The fourth-order valence-electron chi connectivity index (χ4n) is 2.21. The van der Waals surface area contributed by atoms with Crippen molar-refractivity contribution in [1.82, 2.24) is 5.32 Å². The maximum Gasteiger partial charge on any atom is 0.139 e. The van der Waals surface area contributed by atoms with Gasteiger partial charge in [0.15, 0.2) is 0 Å². The zero-order valence-corrected chi connectivity index (χ0v) is 11.2. The molecule has 3 nitrogen and oxygen atoms in total. The zero-order chi connectivity index (χ0) is 13.0. The molecular formula is C13H18FNO2S. The Labute approximate surface area is 109 Å². The van der Waals surface area contributed by atoms with E-state index in [2.05, 4.69) is 5.32 Å². The fourth-order valence-corrected chi connectivity index (χ4v) is 3.67. The molecule has 3 unspecified atom stereocenters. The van der Waals surface area contributed by atoms with Crippen LogP contribution >= 0.6 is 0 Å². The van der Waals surface area contributed by atoms with E-state index in [0.29, 0.717) is 18.3 Å². The summed E-state index contributed by atoms with van der Waals surface area (Å²) in [6.07, 6.45) is 0.972. The van der Waals surface area contributed by atoms with Gasteiger partial charge in [0.25, 0.3) is 0 Å². The fraction of sp³-hybridized carbons (Fsp3) is 0.538. The molecule has 0 aliphatic carbocycles. The molecule has 0 bridgehead atoms. The first kappa shape index (κ1) is 13.6. The molecule has 0 spiro atoms. The second-order valence-electron chi connectivity index (χ2n) is 4.46. The Morgan fingerprint density at radius 2 is 2.33 bits per heavy atom. The third-order valence-electron chi connectivity index (χ3n) is 3.32. The Morgan fingerprint density at radius 3 is 2.94 bits per heavy atom. The van der Waals surface area contributed by atoms with Gasteiger partial charge in [-0.25, -0.2) is 4.39 Å². The SMILES string of the molecule is CNC(CS(=O)c1ccccc1F)C1CCOC1. The lowest BCUT2D eigenvalue weighted by molar-refractivity contribution is 0.179. The minimum absolute atomic E-state index is 0.105. The number of halogens is 1. The summed E-state index contributed by atoms with van der Waals surface area (Å²) in [5, 5.41) is 3.17. The molecule has 18 heavy (non-hydrogen) atoms. The van der Waals surface area contributed by atoms with E-state index in [4.69, 9.17) is 4.74 Å². The summed E-state index contributed by atoms with van der Waals surface area (Å²) in [5.74, 6) is 0.393. The molecule has 1 saturated heterocycles. The highest BCUT2D eigenvalue weighted by Crippen LogP contribution is 2.20. The average molecular weight is 271 g/mol. The first-order chi connectivity index (χ1) is 8.72. The minimum atomic E-state index is -1.31. The van der Waals surface area contributed by atoms with Gasteiger partial charge in [-0.1, -0.05) is 12.1 Å². The average Bonchev–Trinajstić information content (AvgIpc) is 2.90. The van der Waals surface area contributed by atoms with Gasteiger partial charge in [0, 0.05) is 24.3 Å². The standard InChI is InChI=1S/C13H18FNO2S/c1-15-12(10-6-7-17-8-10)9-18(16)13-5-3-2-4-11(13)14/h2-5,10,12,15H,6-9H2,1H3. The van der Waals surface area contributed by atoms with Crippen LogP contribution in [0.15, 0.2) is 29.2 Å². The zero-order valence-electron chi connectivity index (χ0n) is 10.4. The Morgan fingerprint density at radius 1 is 1.56 bits per heavy atom. The van der Waals surface area contributed by atoms with Gasteiger partial charge in [-0.3, -0.25) is 4.21 Å². The van der Waals surface area contributed by atoms with Crippen molar-refractivity contribution in [2.45, 2.75) is 17.4 Å². The molecule has 3 atom stereocenters. The molecule has 1 fully saturated rings. The van der Waals surface area contributed by atoms with E-state index < -0.39 is 16.6 Å². The first-order valence-corrected chi connectivity index (χ1v) is 7.42. The molecule has 5 heteroatoms. The smallest absolute Gasteiger partial charge is 0.139 e. The molecule has 1 aliphatic rings. The van der Waals surface area contributed by atoms with E-state index in [-0.39, 0.29) is 10.9 Å². The van der Waals surface area contributed by atoms with Gasteiger partial charge in [-0.05, 0) is 25.6 Å². The number of rotatable bonds is 5. The molecule has 1 aromatic rings. The number of nitrogens with one attached hydrogen (secondary N) is 1. The van der Waals surface area contributed by atoms with Crippen molar-refractivity contribution < 1.29 is 13.3 Å². The third-order valence-corrected chi connectivity index (χ3v) is 4.80. The molecule has 0 saturated carbocycles. The Kier molecular flexibility index (Phi) is 4.86. The van der Waals surface area contributed by atoms with Crippen molar-refractivity contribution in [2.24, 2.45) is 5.92 Å². The number of hydrogen-bond acceptors (Lipinski definition) is 3.